The van der Waals surface area contributed by atoms with Gasteiger partial charge in [0.05, 0.1) is 0 Å². The van der Waals surface area contributed by atoms with Crippen molar-refractivity contribution in [1.29, 1.82) is 0 Å². The SMILES string of the molecule is Cc1ccc(C(=O)NCCCOCC(C)C)cc1C. The van der Waals surface area contributed by atoms with Gasteiger partial charge in [0, 0.05) is 25.3 Å². The number of rotatable bonds is 7. The Morgan fingerprint density at radius 1 is 1.26 bits per heavy atom. The first-order valence-corrected chi connectivity index (χ1v) is 6.94. The van der Waals surface area contributed by atoms with E-state index in [0.29, 0.717) is 19.1 Å². The topological polar surface area (TPSA) is 38.3 Å². The average Bonchev–Trinajstić information content (AvgIpc) is 2.36. The molecule has 0 aliphatic carbocycles. The van der Waals surface area contributed by atoms with Crippen LogP contribution in [0.2, 0.25) is 0 Å². The van der Waals surface area contributed by atoms with Crippen LogP contribution >= 0.6 is 0 Å². The third-order valence-electron chi connectivity index (χ3n) is 2.97. The molecule has 0 spiro atoms. The fraction of sp³-hybridized carbons (Fsp3) is 0.562. The number of benzene rings is 1. The van der Waals surface area contributed by atoms with Gasteiger partial charge in [0.2, 0.25) is 0 Å². The highest BCUT2D eigenvalue weighted by Gasteiger charge is 2.05. The predicted molar refractivity (Wildman–Crippen MR) is 78.5 cm³/mol. The molecule has 106 valence electrons. The van der Waals surface area contributed by atoms with Crippen molar-refractivity contribution in [3.8, 4) is 0 Å². The lowest BCUT2D eigenvalue weighted by atomic mass is 10.1. The Balaban J connectivity index is 2.26. The summed E-state index contributed by atoms with van der Waals surface area (Å²) in [5.41, 5.74) is 3.08. The normalized spacial score (nSPS) is 10.8. The van der Waals surface area contributed by atoms with Crippen LogP contribution in [0.4, 0.5) is 0 Å². The van der Waals surface area contributed by atoms with Crippen molar-refractivity contribution < 1.29 is 9.53 Å². The lowest BCUT2D eigenvalue weighted by molar-refractivity contribution is 0.0925. The molecule has 1 amide bonds. The van der Waals surface area contributed by atoms with Gasteiger partial charge in [-0.2, -0.15) is 0 Å². The van der Waals surface area contributed by atoms with Crippen LogP contribution < -0.4 is 5.32 Å². The van der Waals surface area contributed by atoms with Gasteiger partial charge in [0.25, 0.3) is 5.91 Å². The van der Waals surface area contributed by atoms with Crippen LogP contribution in [0.3, 0.4) is 0 Å². The van der Waals surface area contributed by atoms with E-state index in [0.717, 1.165) is 24.2 Å². The summed E-state index contributed by atoms with van der Waals surface area (Å²) in [7, 11) is 0. The number of carbonyl (C=O) groups is 1. The molecule has 0 saturated heterocycles. The minimum absolute atomic E-state index is 0.00744. The summed E-state index contributed by atoms with van der Waals surface area (Å²) >= 11 is 0. The summed E-state index contributed by atoms with van der Waals surface area (Å²) in [6.45, 7) is 10.5. The molecule has 1 aromatic carbocycles. The summed E-state index contributed by atoms with van der Waals surface area (Å²) in [6, 6.07) is 5.78. The predicted octanol–water partition coefficient (Wildman–Crippen LogP) is 3.10. The second kappa shape index (κ2) is 7.95. The van der Waals surface area contributed by atoms with Gasteiger partial charge in [0.15, 0.2) is 0 Å². The zero-order valence-electron chi connectivity index (χ0n) is 12.5. The molecule has 1 N–H and O–H groups in total. The molecule has 3 heteroatoms. The number of hydrogen-bond acceptors (Lipinski definition) is 2. The smallest absolute Gasteiger partial charge is 0.251 e. The van der Waals surface area contributed by atoms with Gasteiger partial charge in [0.1, 0.15) is 0 Å². The lowest BCUT2D eigenvalue weighted by Gasteiger charge is -2.08. The average molecular weight is 263 g/mol. The van der Waals surface area contributed by atoms with Gasteiger partial charge in [-0.1, -0.05) is 19.9 Å². The molecule has 1 aromatic rings. The lowest BCUT2D eigenvalue weighted by Crippen LogP contribution is -2.25. The molecule has 0 heterocycles. The second-order valence-electron chi connectivity index (χ2n) is 5.38. The van der Waals surface area contributed by atoms with Crippen molar-refractivity contribution in [2.24, 2.45) is 5.92 Å². The molecule has 0 fully saturated rings. The maximum atomic E-state index is 11.9. The highest BCUT2D eigenvalue weighted by atomic mass is 16.5. The van der Waals surface area contributed by atoms with Crippen LogP contribution in [-0.2, 0) is 4.74 Å². The first-order chi connectivity index (χ1) is 9.00. The number of aryl methyl sites for hydroxylation is 2. The molecule has 0 unspecified atom stereocenters. The van der Waals surface area contributed by atoms with Crippen molar-refractivity contribution in [1.82, 2.24) is 5.32 Å². The van der Waals surface area contributed by atoms with E-state index in [9.17, 15) is 4.79 Å². The Labute approximate surface area is 116 Å². The van der Waals surface area contributed by atoms with Gasteiger partial charge in [-0.15, -0.1) is 0 Å². The van der Waals surface area contributed by atoms with Crippen LogP contribution in [0.25, 0.3) is 0 Å². The van der Waals surface area contributed by atoms with Crippen LogP contribution in [0, 0.1) is 19.8 Å². The third kappa shape index (κ3) is 5.88. The molecule has 0 aliphatic heterocycles. The minimum atomic E-state index is -0.00744. The number of amides is 1. The molecular weight excluding hydrogens is 238 g/mol. The maximum absolute atomic E-state index is 11.9. The molecule has 0 radical (unpaired) electrons. The van der Waals surface area contributed by atoms with Crippen LogP contribution in [0.15, 0.2) is 18.2 Å². The summed E-state index contributed by atoms with van der Waals surface area (Å²) in [5, 5.41) is 2.91. The minimum Gasteiger partial charge on any atom is -0.381 e. The summed E-state index contributed by atoms with van der Waals surface area (Å²) in [6.07, 6.45) is 0.850. The zero-order chi connectivity index (χ0) is 14.3. The Morgan fingerprint density at radius 2 is 2.00 bits per heavy atom. The zero-order valence-corrected chi connectivity index (χ0v) is 12.5. The van der Waals surface area contributed by atoms with Crippen LogP contribution in [-0.4, -0.2) is 25.7 Å². The number of ether oxygens (including phenoxy) is 1. The fourth-order valence-corrected chi connectivity index (χ4v) is 1.68. The van der Waals surface area contributed by atoms with Crippen LogP contribution in [0.1, 0.15) is 41.8 Å². The maximum Gasteiger partial charge on any atom is 0.251 e. The molecule has 0 aromatic heterocycles. The van der Waals surface area contributed by atoms with Crippen molar-refractivity contribution in [3.05, 3.63) is 34.9 Å². The first kappa shape index (κ1) is 15.7. The Morgan fingerprint density at radius 3 is 2.63 bits per heavy atom. The van der Waals surface area contributed by atoms with Crippen molar-refractivity contribution in [2.75, 3.05) is 19.8 Å². The highest BCUT2D eigenvalue weighted by Crippen LogP contribution is 2.09. The van der Waals surface area contributed by atoms with E-state index in [4.69, 9.17) is 4.74 Å². The Hall–Kier alpha value is -1.35. The van der Waals surface area contributed by atoms with Crippen molar-refractivity contribution >= 4 is 5.91 Å². The fourth-order valence-electron chi connectivity index (χ4n) is 1.68. The number of hydrogen-bond donors (Lipinski definition) is 1. The number of nitrogens with one attached hydrogen (secondary N) is 1. The molecule has 0 atom stereocenters. The highest BCUT2D eigenvalue weighted by molar-refractivity contribution is 5.94. The van der Waals surface area contributed by atoms with Crippen LogP contribution in [0.5, 0.6) is 0 Å². The van der Waals surface area contributed by atoms with Gasteiger partial charge < -0.3 is 10.1 Å². The molecule has 1 rings (SSSR count). The molecule has 0 bridgehead atoms. The molecule has 3 nitrogen and oxygen atoms in total. The van der Waals surface area contributed by atoms with Gasteiger partial charge in [-0.25, -0.2) is 0 Å². The largest absolute Gasteiger partial charge is 0.381 e. The van der Waals surface area contributed by atoms with E-state index in [-0.39, 0.29) is 5.91 Å². The first-order valence-electron chi connectivity index (χ1n) is 6.94. The van der Waals surface area contributed by atoms with Gasteiger partial charge in [-0.05, 0) is 49.4 Å². The molecule has 0 aliphatic rings. The monoisotopic (exact) mass is 263 g/mol. The summed E-state index contributed by atoms with van der Waals surface area (Å²) in [5.74, 6) is 0.553. The second-order valence-corrected chi connectivity index (χ2v) is 5.38. The van der Waals surface area contributed by atoms with E-state index in [1.165, 1.54) is 5.56 Å². The summed E-state index contributed by atoms with van der Waals surface area (Å²) in [4.78, 5) is 11.9. The van der Waals surface area contributed by atoms with Gasteiger partial charge >= 0.3 is 0 Å². The molecule has 19 heavy (non-hydrogen) atoms. The van der Waals surface area contributed by atoms with Gasteiger partial charge in [-0.3, -0.25) is 4.79 Å². The quantitative estimate of drug-likeness (QED) is 0.768. The van der Waals surface area contributed by atoms with E-state index >= 15 is 0 Å². The Kier molecular flexibility index (Phi) is 6.57. The number of carbonyl (C=O) groups excluding carboxylic acids is 1. The van der Waals surface area contributed by atoms with E-state index in [1.807, 2.05) is 32.0 Å². The molecule has 0 saturated carbocycles. The Bertz CT molecular complexity index is 413. The third-order valence-corrected chi connectivity index (χ3v) is 2.97. The van der Waals surface area contributed by atoms with E-state index in [2.05, 4.69) is 19.2 Å². The van der Waals surface area contributed by atoms with Crippen molar-refractivity contribution in [3.63, 3.8) is 0 Å². The van der Waals surface area contributed by atoms with Crippen molar-refractivity contribution in [2.45, 2.75) is 34.1 Å². The van der Waals surface area contributed by atoms with E-state index < -0.39 is 0 Å². The summed E-state index contributed by atoms with van der Waals surface area (Å²) < 4.78 is 5.47. The standard InChI is InChI=1S/C16H25NO2/c1-12(2)11-19-9-5-8-17-16(18)15-7-6-13(3)14(4)10-15/h6-7,10,12H,5,8-9,11H2,1-4H3,(H,17,18). The van der Waals surface area contributed by atoms with E-state index in [1.54, 1.807) is 0 Å². The molecular formula is C16H25NO2.